The number of hydrogen-bond donors (Lipinski definition) is 1. The van der Waals surface area contributed by atoms with Crippen LogP contribution in [0.25, 0.3) is 0 Å². The molecular formula is C9H16O3S. The third-order valence-corrected chi connectivity index (χ3v) is 2.17. The van der Waals surface area contributed by atoms with E-state index >= 15 is 0 Å². The zero-order valence-corrected chi connectivity index (χ0v) is 8.97. The summed E-state index contributed by atoms with van der Waals surface area (Å²) in [6.07, 6.45) is 2.01. The van der Waals surface area contributed by atoms with Gasteiger partial charge in [-0.1, -0.05) is 20.3 Å². The molecule has 0 aromatic heterocycles. The zero-order valence-electron chi connectivity index (χ0n) is 8.08. The second-order valence-electron chi connectivity index (χ2n) is 2.98. The van der Waals surface area contributed by atoms with Crippen LogP contribution in [0.5, 0.6) is 0 Å². The minimum absolute atomic E-state index is 0.311. The van der Waals surface area contributed by atoms with Crippen molar-refractivity contribution in [2.45, 2.75) is 33.1 Å². The maximum absolute atomic E-state index is 11.1. The summed E-state index contributed by atoms with van der Waals surface area (Å²) >= 11 is 3.94. The molecule has 0 bridgehead atoms. The maximum atomic E-state index is 11.1. The Kier molecular flexibility index (Phi) is 6.68. The number of unbranched alkanes of at least 4 members (excludes halogenated alkanes) is 1. The summed E-state index contributed by atoms with van der Waals surface area (Å²) < 4.78 is 4.58. The van der Waals surface area contributed by atoms with Gasteiger partial charge in [0.05, 0.1) is 5.92 Å². The highest BCUT2D eigenvalue weighted by Gasteiger charge is 2.16. The molecule has 0 radical (unpaired) electrons. The molecule has 0 aromatic rings. The molecule has 76 valence electrons. The zero-order chi connectivity index (χ0) is 10.3. The molecule has 0 N–H and O–H groups in total. The average molecular weight is 204 g/mol. The lowest BCUT2D eigenvalue weighted by Crippen LogP contribution is -2.20. The number of carbonyl (C=O) groups excluding carboxylic acids is 2. The molecule has 0 saturated heterocycles. The summed E-state index contributed by atoms with van der Waals surface area (Å²) in [5, 5.41) is 0. The minimum Gasteiger partial charge on any atom is -0.393 e. The summed E-state index contributed by atoms with van der Waals surface area (Å²) in [7, 11) is 0. The number of rotatable bonds is 5. The fourth-order valence-corrected chi connectivity index (χ4v) is 0.809. The molecule has 0 saturated carbocycles. The van der Waals surface area contributed by atoms with Gasteiger partial charge in [0.1, 0.15) is 0 Å². The number of carbonyl (C=O) groups is 2. The monoisotopic (exact) mass is 204 g/mol. The standard InChI is InChI=1S/C9H16O3S/c1-3-4-5-8(10)12-9(11)7(2)6-13/h7,13H,3-6H2,1-2H3. The van der Waals surface area contributed by atoms with Crippen molar-refractivity contribution in [3.8, 4) is 0 Å². The Morgan fingerprint density at radius 2 is 2.08 bits per heavy atom. The van der Waals surface area contributed by atoms with Crippen molar-refractivity contribution in [2.75, 3.05) is 5.75 Å². The van der Waals surface area contributed by atoms with Crippen molar-refractivity contribution in [2.24, 2.45) is 5.92 Å². The molecule has 0 rings (SSSR count). The van der Waals surface area contributed by atoms with Crippen LogP contribution in [-0.2, 0) is 14.3 Å². The lowest BCUT2D eigenvalue weighted by atomic mass is 10.2. The lowest BCUT2D eigenvalue weighted by Gasteiger charge is -2.06. The topological polar surface area (TPSA) is 43.4 Å². The van der Waals surface area contributed by atoms with Gasteiger partial charge in [-0.3, -0.25) is 9.59 Å². The van der Waals surface area contributed by atoms with Gasteiger partial charge in [0.2, 0.25) is 0 Å². The lowest BCUT2D eigenvalue weighted by molar-refractivity contribution is -0.161. The summed E-state index contributed by atoms with van der Waals surface area (Å²) in [5.41, 5.74) is 0. The number of ether oxygens (including phenoxy) is 1. The first-order valence-electron chi connectivity index (χ1n) is 4.47. The van der Waals surface area contributed by atoms with E-state index in [1.165, 1.54) is 0 Å². The molecule has 3 nitrogen and oxygen atoms in total. The third-order valence-electron chi connectivity index (χ3n) is 1.63. The molecule has 0 spiro atoms. The van der Waals surface area contributed by atoms with Gasteiger partial charge in [-0.15, -0.1) is 0 Å². The quantitative estimate of drug-likeness (QED) is 0.422. The number of hydrogen-bond acceptors (Lipinski definition) is 4. The van der Waals surface area contributed by atoms with Gasteiger partial charge in [0.15, 0.2) is 0 Å². The van der Waals surface area contributed by atoms with Crippen LogP contribution in [0.4, 0.5) is 0 Å². The second-order valence-corrected chi connectivity index (χ2v) is 3.35. The van der Waals surface area contributed by atoms with E-state index in [0.717, 1.165) is 12.8 Å². The molecule has 1 unspecified atom stereocenters. The molecule has 0 aromatic carbocycles. The Labute approximate surface area is 84.3 Å². The molecule has 0 aliphatic heterocycles. The smallest absolute Gasteiger partial charge is 0.317 e. The van der Waals surface area contributed by atoms with Crippen LogP contribution in [0.2, 0.25) is 0 Å². The predicted molar refractivity (Wildman–Crippen MR) is 53.6 cm³/mol. The van der Waals surface area contributed by atoms with Crippen LogP contribution < -0.4 is 0 Å². The van der Waals surface area contributed by atoms with E-state index in [1.807, 2.05) is 6.92 Å². The maximum Gasteiger partial charge on any atom is 0.317 e. The van der Waals surface area contributed by atoms with Gasteiger partial charge in [-0.2, -0.15) is 12.6 Å². The van der Waals surface area contributed by atoms with Crippen molar-refractivity contribution in [1.82, 2.24) is 0 Å². The number of esters is 2. The molecule has 4 heteroatoms. The van der Waals surface area contributed by atoms with Crippen LogP contribution in [0.3, 0.4) is 0 Å². The van der Waals surface area contributed by atoms with E-state index in [2.05, 4.69) is 17.4 Å². The first-order valence-corrected chi connectivity index (χ1v) is 5.10. The molecule has 13 heavy (non-hydrogen) atoms. The SMILES string of the molecule is CCCCC(=O)OC(=O)C(C)CS. The fraction of sp³-hybridized carbons (Fsp3) is 0.778. The minimum atomic E-state index is -0.476. The van der Waals surface area contributed by atoms with Gasteiger partial charge < -0.3 is 4.74 Å². The summed E-state index contributed by atoms with van der Waals surface area (Å²) in [6.45, 7) is 3.66. The average Bonchev–Trinajstić information content (AvgIpc) is 2.13. The van der Waals surface area contributed by atoms with Gasteiger partial charge >= 0.3 is 11.9 Å². The molecule has 0 aliphatic rings. The normalized spacial score (nSPS) is 12.2. The van der Waals surface area contributed by atoms with Gasteiger partial charge in [0, 0.05) is 12.2 Å². The van der Waals surface area contributed by atoms with Gasteiger partial charge in [0.25, 0.3) is 0 Å². The summed E-state index contributed by atoms with van der Waals surface area (Å²) in [4.78, 5) is 22.0. The summed E-state index contributed by atoms with van der Waals surface area (Å²) in [5.74, 6) is -0.814. The molecule has 1 atom stereocenters. The molecule has 0 fully saturated rings. The molecule has 0 aliphatic carbocycles. The molecular weight excluding hydrogens is 188 g/mol. The van der Waals surface area contributed by atoms with E-state index in [4.69, 9.17) is 0 Å². The Balaban J connectivity index is 3.71. The predicted octanol–water partition coefficient (Wildman–Crippen LogP) is 1.81. The first-order chi connectivity index (χ1) is 6.11. The Morgan fingerprint density at radius 1 is 1.46 bits per heavy atom. The van der Waals surface area contributed by atoms with Crippen LogP contribution >= 0.6 is 12.6 Å². The Morgan fingerprint density at radius 3 is 2.54 bits per heavy atom. The van der Waals surface area contributed by atoms with Gasteiger partial charge in [-0.25, -0.2) is 0 Å². The summed E-state index contributed by atoms with van der Waals surface area (Å²) in [6, 6.07) is 0. The first kappa shape index (κ1) is 12.5. The van der Waals surface area contributed by atoms with Crippen LogP contribution in [0.15, 0.2) is 0 Å². The van der Waals surface area contributed by atoms with Crippen LogP contribution in [0.1, 0.15) is 33.1 Å². The fourth-order valence-electron chi connectivity index (χ4n) is 0.659. The van der Waals surface area contributed by atoms with Crippen molar-refractivity contribution < 1.29 is 14.3 Å². The highest BCUT2D eigenvalue weighted by atomic mass is 32.1. The van der Waals surface area contributed by atoms with Crippen molar-refractivity contribution in [3.05, 3.63) is 0 Å². The van der Waals surface area contributed by atoms with E-state index in [1.54, 1.807) is 6.92 Å². The highest BCUT2D eigenvalue weighted by molar-refractivity contribution is 7.80. The van der Waals surface area contributed by atoms with Crippen LogP contribution in [0, 0.1) is 5.92 Å². The number of thiol groups is 1. The van der Waals surface area contributed by atoms with Crippen molar-refractivity contribution >= 4 is 24.6 Å². The Bertz CT molecular complexity index is 180. The van der Waals surface area contributed by atoms with Crippen LogP contribution in [-0.4, -0.2) is 17.7 Å². The van der Waals surface area contributed by atoms with Crippen molar-refractivity contribution in [1.29, 1.82) is 0 Å². The third kappa shape index (κ3) is 5.69. The van der Waals surface area contributed by atoms with E-state index in [0.29, 0.717) is 12.2 Å². The van der Waals surface area contributed by atoms with Gasteiger partial charge in [-0.05, 0) is 6.42 Å². The van der Waals surface area contributed by atoms with E-state index in [-0.39, 0.29) is 5.92 Å². The molecule has 0 amide bonds. The molecule has 0 heterocycles. The van der Waals surface area contributed by atoms with Crippen molar-refractivity contribution in [3.63, 3.8) is 0 Å². The van der Waals surface area contributed by atoms with E-state index in [9.17, 15) is 9.59 Å². The second kappa shape index (κ2) is 6.95. The Hall–Kier alpha value is -0.510. The van der Waals surface area contributed by atoms with E-state index < -0.39 is 11.9 Å². The largest absolute Gasteiger partial charge is 0.393 e. The highest BCUT2D eigenvalue weighted by Crippen LogP contribution is 2.03.